The van der Waals surface area contributed by atoms with Crippen LogP contribution in [0.3, 0.4) is 0 Å². The number of nitrogens with one attached hydrogen (secondary N) is 1. The fourth-order valence-electron chi connectivity index (χ4n) is 3.54. The molecule has 0 unspecified atom stereocenters. The number of nitrogen functional groups attached to an aromatic ring is 1. The molecule has 1 radical (unpaired) electrons. The Hall–Kier alpha value is -0.474. The molecule has 0 amide bonds. The summed E-state index contributed by atoms with van der Waals surface area (Å²) >= 11 is 2.30. The predicted molar refractivity (Wildman–Crippen MR) is 121 cm³/mol. The predicted octanol–water partition coefficient (Wildman–Crippen LogP) is 1.56. The number of hydrogen-bond donors (Lipinski definition) is 2. The molecule has 5 atom stereocenters. The quantitative estimate of drug-likeness (QED) is 0.273. The molecule has 10 nitrogen and oxygen atoms in total. The molecule has 31 heavy (non-hydrogen) atoms. The van der Waals surface area contributed by atoms with Crippen LogP contribution in [0.5, 0.6) is 0 Å². The molecule has 5 heterocycles. The van der Waals surface area contributed by atoms with Crippen LogP contribution in [0, 0.1) is 17.0 Å². The number of aromatic amines is 1. The van der Waals surface area contributed by atoms with E-state index in [0.717, 1.165) is 11.5 Å². The van der Waals surface area contributed by atoms with E-state index >= 15 is 0 Å². The van der Waals surface area contributed by atoms with Crippen molar-refractivity contribution in [3.63, 3.8) is 0 Å². The SMILES string of the molecule is C#CCO[C@H]1CSSC[C@@H]1[O][Po]1[O]C[C@H]2O[C@@H](n3cnc4c(=S)nc(N)[nH]c43)C[C@@H]2[O]1. The number of hydrogen-bond acceptors (Lipinski definition) is 11. The van der Waals surface area contributed by atoms with Gasteiger partial charge in [-0.3, -0.25) is 0 Å². The van der Waals surface area contributed by atoms with Gasteiger partial charge in [-0.05, 0) is 0 Å². The minimum absolute atomic E-state index is 0.0493. The summed E-state index contributed by atoms with van der Waals surface area (Å²) in [4.78, 5) is 11.4. The summed E-state index contributed by atoms with van der Waals surface area (Å²) in [5, 5.41) is 0. The summed E-state index contributed by atoms with van der Waals surface area (Å²) in [6.07, 6.45) is 7.02. The number of aromatic nitrogens is 4. The van der Waals surface area contributed by atoms with Crippen LogP contribution in [0.2, 0.25) is 0 Å². The van der Waals surface area contributed by atoms with Crippen molar-refractivity contribution >= 4 is 74.3 Å². The van der Waals surface area contributed by atoms with E-state index in [1.54, 1.807) is 27.9 Å². The Morgan fingerprint density at radius 3 is 3.06 bits per heavy atom. The Balaban J connectivity index is 1.25. The molecule has 3 aliphatic heterocycles. The third kappa shape index (κ3) is 4.76. The second-order valence-electron chi connectivity index (χ2n) is 7.02. The molecular formula is C17H20N5O5PoS3. The number of H-pyrrole nitrogens is 1. The molecule has 3 fully saturated rings. The van der Waals surface area contributed by atoms with E-state index < -0.39 is 23.4 Å². The molecule has 0 aromatic carbocycles. The molecule has 2 aromatic heterocycles. The standard InChI is InChI=1S/C10H11N5O3S.C7H9O2S2.Po/c11-10-13-8-7(9(19)14-10)12-3-15(8)6-1-4(17)5(2-16)18-6;1-2-3-9-7-5-11-10-4-6(7)8;/h3-6H,1-2H2,(H3,11,13,14,19);1,6-7H,3-5H2;/q-2;-1;+3/t4-,5+,6+;6-,7-;/m00./s1. The summed E-state index contributed by atoms with van der Waals surface area (Å²) < 4.78 is 32.7. The Morgan fingerprint density at radius 1 is 1.39 bits per heavy atom. The van der Waals surface area contributed by atoms with Crippen molar-refractivity contribution in [3.05, 3.63) is 11.0 Å². The molecule has 0 bridgehead atoms. The average molecular weight is 680 g/mol. The van der Waals surface area contributed by atoms with E-state index in [9.17, 15) is 0 Å². The van der Waals surface area contributed by atoms with Crippen LogP contribution in [0.4, 0.5) is 5.95 Å². The van der Waals surface area contributed by atoms with Gasteiger partial charge in [-0.2, -0.15) is 0 Å². The van der Waals surface area contributed by atoms with E-state index in [0.29, 0.717) is 28.8 Å². The summed E-state index contributed by atoms with van der Waals surface area (Å²) in [7, 11) is 3.53. The fraction of sp³-hybridized carbons (Fsp3) is 0.588. The van der Waals surface area contributed by atoms with Crippen LogP contribution >= 0.6 is 33.8 Å². The second-order valence-corrected chi connectivity index (χ2v) is 14.0. The number of terminal acetylenes is 1. The first kappa shape index (κ1) is 22.3. The van der Waals surface area contributed by atoms with Crippen LogP contribution in [0.25, 0.3) is 11.2 Å². The zero-order valence-electron chi connectivity index (χ0n) is 16.2. The van der Waals surface area contributed by atoms with Gasteiger partial charge < -0.3 is 0 Å². The maximum atomic E-state index is 6.28. The third-order valence-electron chi connectivity index (χ3n) is 5.03. The van der Waals surface area contributed by atoms with Crippen molar-refractivity contribution in [3.8, 4) is 12.3 Å². The zero-order valence-corrected chi connectivity index (χ0v) is 21.8. The topological polar surface area (TPSA) is 119 Å². The molecule has 167 valence electrons. The zero-order chi connectivity index (χ0) is 21.4. The third-order valence-corrected chi connectivity index (χ3v) is 12.1. The summed E-state index contributed by atoms with van der Waals surface area (Å²) in [5.74, 6) is 4.41. The van der Waals surface area contributed by atoms with Crippen molar-refractivity contribution in [2.75, 3.05) is 30.5 Å². The van der Waals surface area contributed by atoms with Crippen molar-refractivity contribution in [2.45, 2.75) is 37.1 Å². The van der Waals surface area contributed by atoms with Gasteiger partial charge in [0.15, 0.2) is 0 Å². The van der Waals surface area contributed by atoms with Crippen LogP contribution in [0.15, 0.2) is 6.33 Å². The Bertz CT molecular complexity index is 1050. The van der Waals surface area contributed by atoms with E-state index in [4.69, 9.17) is 42.2 Å². The van der Waals surface area contributed by atoms with Gasteiger partial charge in [-0.15, -0.1) is 0 Å². The number of rotatable bonds is 5. The number of nitrogens with zero attached hydrogens (tertiary/aromatic N) is 3. The fourth-order valence-corrected chi connectivity index (χ4v) is 11.3. The molecule has 0 saturated carbocycles. The first-order valence-corrected chi connectivity index (χ1v) is 16.3. The van der Waals surface area contributed by atoms with E-state index in [1.165, 1.54) is 0 Å². The Labute approximate surface area is 201 Å². The molecule has 5 rings (SSSR count). The van der Waals surface area contributed by atoms with Crippen LogP contribution in [0.1, 0.15) is 12.6 Å². The van der Waals surface area contributed by atoms with Crippen LogP contribution in [-0.4, -0.2) is 92.1 Å². The monoisotopic (exact) mass is 679 g/mol. The summed E-state index contributed by atoms with van der Waals surface area (Å²) in [5.41, 5.74) is 7.09. The molecule has 14 heteroatoms. The van der Waals surface area contributed by atoms with E-state index in [1.807, 2.05) is 4.57 Å². The van der Waals surface area contributed by atoms with Gasteiger partial charge in [0.1, 0.15) is 0 Å². The number of anilines is 1. The van der Waals surface area contributed by atoms with Crippen molar-refractivity contribution in [1.29, 1.82) is 0 Å². The van der Waals surface area contributed by atoms with Gasteiger partial charge in [0, 0.05) is 0 Å². The van der Waals surface area contributed by atoms with Crippen molar-refractivity contribution in [2.24, 2.45) is 0 Å². The average Bonchev–Trinajstić information content (AvgIpc) is 3.36. The number of fused-ring (bicyclic) bond motifs is 2. The summed E-state index contributed by atoms with van der Waals surface area (Å²) in [6.45, 7) is 0.726. The van der Waals surface area contributed by atoms with Gasteiger partial charge in [0.25, 0.3) is 0 Å². The van der Waals surface area contributed by atoms with Gasteiger partial charge in [-0.1, -0.05) is 0 Å². The van der Waals surface area contributed by atoms with E-state index in [2.05, 4.69) is 20.9 Å². The van der Waals surface area contributed by atoms with Crippen LogP contribution < -0.4 is 5.73 Å². The Kier molecular flexibility index (Phi) is 7.05. The first-order chi connectivity index (χ1) is 15.1. The minimum atomic E-state index is -2.95. The number of nitrogens with two attached hydrogens (primary N) is 1. The van der Waals surface area contributed by atoms with Crippen molar-refractivity contribution < 1.29 is 17.8 Å². The van der Waals surface area contributed by atoms with Gasteiger partial charge >= 0.3 is 202 Å². The number of imidazole rings is 1. The van der Waals surface area contributed by atoms with Gasteiger partial charge in [0.05, 0.1) is 0 Å². The molecule has 2 aromatic rings. The summed E-state index contributed by atoms with van der Waals surface area (Å²) in [6, 6.07) is 0. The van der Waals surface area contributed by atoms with E-state index in [-0.39, 0.29) is 43.2 Å². The molecule has 0 spiro atoms. The molecular weight excluding hydrogens is 659 g/mol. The Morgan fingerprint density at radius 2 is 2.23 bits per heavy atom. The second kappa shape index (κ2) is 9.80. The van der Waals surface area contributed by atoms with Crippen molar-refractivity contribution in [1.82, 2.24) is 19.5 Å². The van der Waals surface area contributed by atoms with Gasteiger partial charge in [-0.25, -0.2) is 0 Å². The number of ether oxygens (including phenoxy) is 2. The molecule has 3 saturated heterocycles. The molecule has 3 N–H and O–H groups in total. The normalized spacial score (nSPS) is 31.5. The van der Waals surface area contributed by atoms with Gasteiger partial charge in [0.2, 0.25) is 0 Å². The molecule has 3 aliphatic rings. The van der Waals surface area contributed by atoms with Crippen LogP contribution in [-0.2, 0) is 17.8 Å². The first-order valence-electron chi connectivity index (χ1n) is 9.51. The maximum absolute atomic E-state index is 6.28. The molecule has 0 aliphatic carbocycles.